The molecule has 0 spiro atoms. The van der Waals surface area contributed by atoms with E-state index in [0.29, 0.717) is 12.8 Å². The van der Waals surface area contributed by atoms with Crippen LogP contribution in [0.4, 0.5) is 0 Å². The minimum absolute atomic E-state index is 0.256. The summed E-state index contributed by atoms with van der Waals surface area (Å²) in [6.45, 7) is 6.57. The molecule has 0 aliphatic heterocycles. The van der Waals surface area contributed by atoms with Gasteiger partial charge in [0, 0.05) is 13.1 Å². The molecule has 0 radical (unpaired) electrons. The second kappa shape index (κ2) is 7.38. The van der Waals surface area contributed by atoms with E-state index in [-0.39, 0.29) is 5.97 Å². The minimum Gasteiger partial charge on any atom is -0.465 e. The van der Waals surface area contributed by atoms with Crippen LogP contribution in [-0.2, 0) is 25.9 Å². The molecule has 0 saturated heterocycles. The molecule has 0 aliphatic carbocycles. The molecule has 3 nitrogen and oxygen atoms in total. The zero-order valence-corrected chi connectivity index (χ0v) is 10.8. The van der Waals surface area contributed by atoms with Crippen LogP contribution in [0.2, 0.25) is 0 Å². The molecule has 0 fully saturated rings. The molecule has 0 aromatic carbocycles. The van der Waals surface area contributed by atoms with Crippen LogP contribution in [0.5, 0.6) is 0 Å². The molecule has 0 saturated carbocycles. The number of rotatable bonds is 7. The van der Waals surface area contributed by atoms with Gasteiger partial charge >= 0.3 is 5.97 Å². The van der Waals surface area contributed by atoms with Crippen LogP contribution in [0.25, 0.3) is 0 Å². The minimum atomic E-state index is -1.72. The Morgan fingerprint density at radius 2 is 2.07 bits per heavy atom. The molecular weight excluding hydrogens is 219 g/mol. The molecule has 0 N–H and O–H groups in total. The predicted octanol–water partition coefficient (Wildman–Crippen LogP) is 2.39. The van der Waals surface area contributed by atoms with Gasteiger partial charge in [-0.2, -0.15) is 0 Å². The Bertz CT molecular complexity index is 218. The maximum Gasteiger partial charge on any atom is 0.302 e. The summed E-state index contributed by atoms with van der Waals surface area (Å²) >= 11 is 5.31. The standard InChI is InChI=1S/C9H19O3PS/c1-4-5-6-12-13(3,14)8-7-11-9(2)10/h4-8H2,1-3H3. The fourth-order valence-electron chi connectivity index (χ4n) is 0.822. The van der Waals surface area contributed by atoms with E-state index in [1.54, 1.807) is 0 Å². The van der Waals surface area contributed by atoms with Crippen molar-refractivity contribution in [2.75, 3.05) is 26.0 Å². The summed E-state index contributed by atoms with van der Waals surface area (Å²) in [5, 5.41) is 0. The van der Waals surface area contributed by atoms with E-state index in [0.717, 1.165) is 19.4 Å². The van der Waals surface area contributed by atoms with E-state index in [2.05, 4.69) is 6.92 Å². The van der Waals surface area contributed by atoms with E-state index in [9.17, 15) is 4.79 Å². The van der Waals surface area contributed by atoms with Gasteiger partial charge in [-0.05, 0) is 13.1 Å². The highest BCUT2D eigenvalue weighted by atomic mass is 32.4. The van der Waals surface area contributed by atoms with Gasteiger partial charge in [0.25, 0.3) is 0 Å². The number of unbranched alkanes of at least 4 members (excludes halogenated alkanes) is 1. The van der Waals surface area contributed by atoms with Gasteiger partial charge in [-0.15, -0.1) is 0 Å². The first kappa shape index (κ1) is 14.1. The van der Waals surface area contributed by atoms with Crippen molar-refractivity contribution in [2.45, 2.75) is 26.7 Å². The molecule has 0 bridgehead atoms. The van der Waals surface area contributed by atoms with Crippen molar-refractivity contribution in [1.82, 2.24) is 0 Å². The molecule has 14 heavy (non-hydrogen) atoms. The first-order chi connectivity index (χ1) is 6.48. The number of ether oxygens (including phenoxy) is 1. The first-order valence-electron chi connectivity index (χ1n) is 4.82. The lowest BCUT2D eigenvalue weighted by Crippen LogP contribution is -2.06. The van der Waals surface area contributed by atoms with Crippen molar-refractivity contribution in [3.05, 3.63) is 0 Å². The highest BCUT2D eigenvalue weighted by molar-refractivity contribution is 8.11. The van der Waals surface area contributed by atoms with E-state index in [4.69, 9.17) is 21.1 Å². The number of esters is 1. The molecule has 1 atom stereocenters. The van der Waals surface area contributed by atoms with Gasteiger partial charge in [0.15, 0.2) is 0 Å². The normalized spacial score (nSPS) is 14.8. The number of hydrogen-bond donors (Lipinski definition) is 0. The summed E-state index contributed by atoms with van der Waals surface area (Å²) in [6.07, 6.45) is 1.10. The van der Waals surface area contributed by atoms with E-state index >= 15 is 0 Å². The Kier molecular flexibility index (Phi) is 7.42. The van der Waals surface area contributed by atoms with Crippen LogP contribution in [-0.4, -0.2) is 32.0 Å². The maximum absolute atomic E-state index is 10.5. The fourth-order valence-corrected chi connectivity index (χ4v) is 2.34. The van der Waals surface area contributed by atoms with E-state index in [1.165, 1.54) is 6.92 Å². The van der Waals surface area contributed by atoms with Crippen LogP contribution < -0.4 is 0 Å². The zero-order chi connectivity index (χ0) is 11.0. The Morgan fingerprint density at radius 1 is 1.43 bits per heavy atom. The topological polar surface area (TPSA) is 35.5 Å². The SMILES string of the molecule is CCCCOP(C)(=S)CCOC(C)=O. The maximum atomic E-state index is 10.5. The third-order valence-electron chi connectivity index (χ3n) is 1.67. The number of hydrogen-bond acceptors (Lipinski definition) is 4. The van der Waals surface area contributed by atoms with Gasteiger partial charge in [-0.3, -0.25) is 4.79 Å². The van der Waals surface area contributed by atoms with Crippen molar-refractivity contribution in [2.24, 2.45) is 0 Å². The zero-order valence-electron chi connectivity index (χ0n) is 9.12. The third kappa shape index (κ3) is 8.67. The summed E-state index contributed by atoms with van der Waals surface area (Å²) in [6, 6.07) is 0. The average Bonchev–Trinajstić information content (AvgIpc) is 2.03. The fraction of sp³-hybridized carbons (Fsp3) is 0.889. The quantitative estimate of drug-likeness (QED) is 0.387. The van der Waals surface area contributed by atoms with Gasteiger partial charge in [-0.1, -0.05) is 25.2 Å². The van der Waals surface area contributed by atoms with E-state index in [1.807, 2.05) is 6.66 Å². The summed E-state index contributed by atoms with van der Waals surface area (Å²) in [7, 11) is 0. The molecule has 5 heteroatoms. The third-order valence-corrected chi connectivity index (χ3v) is 4.25. The van der Waals surface area contributed by atoms with Crippen LogP contribution in [0.1, 0.15) is 26.7 Å². The molecule has 0 aliphatic rings. The Hall–Kier alpha value is 0.0800. The molecule has 0 aromatic heterocycles. The lowest BCUT2D eigenvalue weighted by Gasteiger charge is -2.16. The van der Waals surface area contributed by atoms with Crippen molar-refractivity contribution < 1.29 is 14.1 Å². The van der Waals surface area contributed by atoms with Crippen LogP contribution in [0.3, 0.4) is 0 Å². The summed E-state index contributed by atoms with van der Waals surface area (Å²) in [5.41, 5.74) is 0. The molecule has 84 valence electrons. The smallest absolute Gasteiger partial charge is 0.302 e. The van der Waals surface area contributed by atoms with Crippen LogP contribution in [0.15, 0.2) is 0 Å². The summed E-state index contributed by atoms with van der Waals surface area (Å²) in [4.78, 5) is 10.5. The number of carbonyl (C=O) groups excluding carboxylic acids is 1. The molecule has 0 heterocycles. The van der Waals surface area contributed by atoms with Crippen LogP contribution >= 0.6 is 6.26 Å². The van der Waals surface area contributed by atoms with Gasteiger partial charge in [0.05, 0.1) is 19.5 Å². The monoisotopic (exact) mass is 238 g/mol. The lowest BCUT2D eigenvalue weighted by atomic mass is 10.4. The Morgan fingerprint density at radius 3 is 2.57 bits per heavy atom. The highest BCUT2D eigenvalue weighted by Crippen LogP contribution is 2.42. The molecule has 0 aromatic rings. The molecule has 0 amide bonds. The Labute approximate surface area is 91.3 Å². The molecule has 0 rings (SSSR count). The summed E-state index contributed by atoms with van der Waals surface area (Å²) in [5.74, 6) is -0.256. The first-order valence-corrected chi connectivity index (χ1v) is 8.17. The molecular formula is C9H19O3PS. The Balaban J connectivity index is 3.61. The van der Waals surface area contributed by atoms with Crippen molar-refractivity contribution in [1.29, 1.82) is 0 Å². The second-order valence-corrected chi connectivity index (χ2v) is 8.32. The van der Waals surface area contributed by atoms with Crippen molar-refractivity contribution >= 4 is 24.0 Å². The lowest BCUT2D eigenvalue weighted by molar-refractivity contribution is -0.140. The van der Waals surface area contributed by atoms with Gasteiger partial charge in [0.1, 0.15) is 0 Å². The van der Waals surface area contributed by atoms with E-state index < -0.39 is 6.26 Å². The predicted molar refractivity (Wildman–Crippen MR) is 62.6 cm³/mol. The highest BCUT2D eigenvalue weighted by Gasteiger charge is 2.10. The summed E-state index contributed by atoms with van der Waals surface area (Å²) < 4.78 is 10.4. The largest absolute Gasteiger partial charge is 0.465 e. The van der Waals surface area contributed by atoms with Crippen molar-refractivity contribution in [3.8, 4) is 0 Å². The number of carbonyl (C=O) groups is 1. The van der Waals surface area contributed by atoms with Crippen LogP contribution in [0, 0.1) is 0 Å². The molecule has 1 unspecified atom stereocenters. The second-order valence-electron chi connectivity index (χ2n) is 3.26. The van der Waals surface area contributed by atoms with Gasteiger partial charge in [-0.25, -0.2) is 0 Å². The van der Waals surface area contributed by atoms with Crippen molar-refractivity contribution in [3.63, 3.8) is 0 Å². The average molecular weight is 238 g/mol. The van der Waals surface area contributed by atoms with Gasteiger partial charge < -0.3 is 9.26 Å². The van der Waals surface area contributed by atoms with Gasteiger partial charge in [0.2, 0.25) is 0 Å².